The van der Waals surface area contributed by atoms with Crippen molar-refractivity contribution in [2.45, 2.75) is 25.6 Å². The molecule has 2 rings (SSSR count). The Morgan fingerprint density at radius 3 is 1.75 bits per heavy atom. The molecule has 5 heteroatoms. The van der Waals surface area contributed by atoms with Crippen LogP contribution in [-0.4, -0.2) is 62.1 Å². The zero-order valence-corrected chi connectivity index (χ0v) is 9.80. The molecule has 0 amide bonds. The maximum atomic E-state index is 8.37. The highest BCUT2D eigenvalue weighted by molar-refractivity contribution is 4.71. The van der Waals surface area contributed by atoms with E-state index in [1.165, 1.54) is 0 Å². The van der Waals surface area contributed by atoms with Crippen molar-refractivity contribution in [3.05, 3.63) is 0 Å². The van der Waals surface area contributed by atoms with Gasteiger partial charge in [-0.2, -0.15) is 0 Å². The molecule has 0 bridgehead atoms. The van der Waals surface area contributed by atoms with Gasteiger partial charge in [0.1, 0.15) is 12.2 Å². The number of rotatable bonds is 7. The first-order valence-corrected chi connectivity index (χ1v) is 5.82. The van der Waals surface area contributed by atoms with Gasteiger partial charge in [-0.05, 0) is 6.42 Å². The van der Waals surface area contributed by atoms with Crippen molar-refractivity contribution >= 4 is 0 Å². The molecule has 2 aliphatic heterocycles. The van der Waals surface area contributed by atoms with E-state index in [0.29, 0.717) is 12.2 Å². The predicted molar refractivity (Wildman–Crippen MR) is 58.3 cm³/mol. The molecule has 0 aromatic rings. The van der Waals surface area contributed by atoms with E-state index in [1.807, 2.05) is 6.92 Å². The number of hydrogen-bond acceptors (Lipinski definition) is 5. The van der Waals surface area contributed by atoms with Crippen LogP contribution in [0.5, 0.6) is 0 Å². The monoisotopic (exact) mass is 234 g/mol. The molecule has 2 unspecified atom stereocenters. The maximum Gasteiger partial charge on any atom is 0.104 e. The highest BCUT2D eigenvalue weighted by atomic mass is 16.6. The van der Waals surface area contributed by atoms with Crippen molar-refractivity contribution in [2.75, 3.05) is 39.6 Å². The van der Waals surface area contributed by atoms with E-state index in [-0.39, 0.29) is 19.1 Å². The van der Waals surface area contributed by atoms with E-state index in [4.69, 9.17) is 24.4 Å². The van der Waals surface area contributed by atoms with Crippen molar-refractivity contribution < 1.29 is 24.4 Å². The molecule has 16 heavy (non-hydrogen) atoms. The van der Waals surface area contributed by atoms with Gasteiger partial charge in [0.05, 0.1) is 26.4 Å². The minimum Gasteiger partial charge on any atom is -0.396 e. The minimum absolute atomic E-state index is 0.0972. The van der Waals surface area contributed by atoms with E-state index in [0.717, 1.165) is 32.8 Å². The van der Waals surface area contributed by atoms with Crippen LogP contribution < -0.4 is 0 Å². The van der Waals surface area contributed by atoms with E-state index in [9.17, 15) is 0 Å². The first-order chi connectivity index (χ1) is 7.80. The first kappa shape index (κ1) is 13.9. The summed E-state index contributed by atoms with van der Waals surface area (Å²) in [6, 6.07) is 0. The second-order valence-electron chi connectivity index (χ2n) is 4.09. The Labute approximate surface area is 96.3 Å². The van der Waals surface area contributed by atoms with Crippen molar-refractivity contribution in [3.8, 4) is 0 Å². The molecule has 2 aliphatic rings. The number of aliphatic hydroxyl groups is 2. The molecular formula is C11H22O5. The summed E-state index contributed by atoms with van der Waals surface area (Å²) < 4.78 is 15.1. The Kier molecular flexibility index (Phi) is 6.91. The SMILES string of the molecule is C(OCC1CO1)C1CO1.CCC(CO)CO. The molecule has 0 saturated carbocycles. The molecule has 96 valence electrons. The molecular weight excluding hydrogens is 212 g/mol. The third-order valence-corrected chi connectivity index (χ3v) is 2.51. The van der Waals surface area contributed by atoms with Crippen LogP contribution in [0.15, 0.2) is 0 Å². The Morgan fingerprint density at radius 2 is 1.56 bits per heavy atom. The van der Waals surface area contributed by atoms with Crippen molar-refractivity contribution in [2.24, 2.45) is 5.92 Å². The summed E-state index contributed by atoms with van der Waals surface area (Å²) in [5.41, 5.74) is 0. The summed E-state index contributed by atoms with van der Waals surface area (Å²) in [5, 5.41) is 16.7. The van der Waals surface area contributed by atoms with Crippen LogP contribution in [0.3, 0.4) is 0 Å². The molecule has 2 atom stereocenters. The summed E-state index contributed by atoms with van der Waals surface area (Å²) in [6.45, 7) is 5.41. The van der Waals surface area contributed by atoms with Crippen molar-refractivity contribution in [1.82, 2.24) is 0 Å². The third-order valence-electron chi connectivity index (χ3n) is 2.51. The molecule has 0 aromatic heterocycles. The smallest absolute Gasteiger partial charge is 0.104 e. The number of epoxide rings is 2. The second kappa shape index (κ2) is 7.97. The van der Waals surface area contributed by atoms with Gasteiger partial charge in [-0.1, -0.05) is 6.92 Å². The van der Waals surface area contributed by atoms with Gasteiger partial charge < -0.3 is 24.4 Å². The normalized spacial score (nSPS) is 26.2. The molecule has 2 fully saturated rings. The summed E-state index contributed by atoms with van der Waals surface area (Å²) in [7, 11) is 0. The van der Waals surface area contributed by atoms with Gasteiger partial charge in [0.2, 0.25) is 0 Å². The quantitative estimate of drug-likeness (QED) is 0.597. The Bertz CT molecular complexity index is 146. The van der Waals surface area contributed by atoms with E-state index >= 15 is 0 Å². The fraction of sp³-hybridized carbons (Fsp3) is 1.00. The highest BCUT2D eigenvalue weighted by Crippen LogP contribution is 2.12. The summed E-state index contributed by atoms with van der Waals surface area (Å²) in [5.74, 6) is 0.0972. The molecule has 0 spiro atoms. The lowest BCUT2D eigenvalue weighted by atomic mass is 10.1. The fourth-order valence-electron chi connectivity index (χ4n) is 0.975. The van der Waals surface area contributed by atoms with Crippen LogP contribution in [-0.2, 0) is 14.2 Å². The van der Waals surface area contributed by atoms with Crippen LogP contribution in [0.2, 0.25) is 0 Å². The average molecular weight is 234 g/mol. The highest BCUT2D eigenvalue weighted by Gasteiger charge is 2.26. The zero-order chi connectivity index (χ0) is 11.8. The van der Waals surface area contributed by atoms with Gasteiger partial charge in [0.25, 0.3) is 0 Å². The van der Waals surface area contributed by atoms with Crippen LogP contribution in [0.25, 0.3) is 0 Å². The molecule has 0 aromatic carbocycles. The predicted octanol–water partition coefficient (Wildman–Crippen LogP) is -0.202. The fourth-order valence-corrected chi connectivity index (χ4v) is 0.975. The summed E-state index contributed by atoms with van der Waals surface area (Å²) >= 11 is 0. The molecule has 2 saturated heterocycles. The topological polar surface area (TPSA) is 74.8 Å². The Hall–Kier alpha value is -0.200. The average Bonchev–Trinajstić information content (AvgIpc) is 3.16. The lowest BCUT2D eigenvalue weighted by Gasteiger charge is -2.03. The first-order valence-electron chi connectivity index (χ1n) is 5.82. The van der Waals surface area contributed by atoms with Crippen LogP contribution >= 0.6 is 0 Å². The number of ether oxygens (including phenoxy) is 3. The standard InChI is InChI=1S/C6H10O3.C5H12O2/c1(5-3-8-5)7-2-6-4-9-6;1-2-5(3-6)4-7/h5-6H,1-4H2;5-7H,2-4H2,1H3. The van der Waals surface area contributed by atoms with Crippen molar-refractivity contribution in [1.29, 1.82) is 0 Å². The number of hydrogen-bond donors (Lipinski definition) is 2. The molecule has 2 N–H and O–H groups in total. The largest absolute Gasteiger partial charge is 0.396 e. The van der Waals surface area contributed by atoms with Gasteiger partial charge in [0.15, 0.2) is 0 Å². The molecule has 2 heterocycles. The lowest BCUT2D eigenvalue weighted by Crippen LogP contribution is -2.08. The molecule has 0 radical (unpaired) electrons. The van der Waals surface area contributed by atoms with E-state index in [1.54, 1.807) is 0 Å². The zero-order valence-electron chi connectivity index (χ0n) is 9.80. The number of aliphatic hydroxyl groups excluding tert-OH is 2. The maximum absolute atomic E-state index is 8.37. The van der Waals surface area contributed by atoms with Gasteiger partial charge in [-0.15, -0.1) is 0 Å². The summed E-state index contributed by atoms with van der Waals surface area (Å²) in [6.07, 6.45) is 1.64. The van der Waals surface area contributed by atoms with Crippen molar-refractivity contribution in [3.63, 3.8) is 0 Å². The molecule has 0 aliphatic carbocycles. The van der Waals surface area contributed by atoms with Gasteiger partial charge in [-0.3, -0.25) is 0 Å². The second-order valence-corrected chi connectivity index (χ2v) is 4.09. The van der Waals surface area contributed by atoms with Gasteiger partial charge in [-0.25, -0.2) is 0 Å². The Balaban J connectivity index is 0.000000168. The third kappa shape index (κ3) is 7.14. The van der Waals surface area contributed by atoms with Gasteiger partial charge in [0, 0.05) is 19.1 Å². The van der Waals surface area contributed by atoms with Gasteiger partial charge >= 0.3 is 0 Å². The molecule has 5 nitrogen and oxygen atoms in total. The Morgan fingerprint density at radius 1 is 1.12 bits per heavy atom. The van der Waals surface area contributed by atoms with E-state index < -0.39 is 0 Å². The van der Waals surface area contributed by atoms with Crippen LogP contribution in [0.4, 0.5) is 0 Å². The summed E-state index contributed by atoms with van der Waals surface area (Å²) in [4.78, 5) is 0. The van der Waals surface area contributed by atoms with Crippen LogP contribution in [0.1, 0.15) is 13.3 Å². The minimum atomic E-state index is 0.0972. The lowest BCUT2D eigenvalue weighted by molar-refractivity contribution is 0.102. The van der Waals surface area contributed by atoms with Crippen LogP contribution in [0, 0.1) is 5.92 Å². The van der Waals surface area contributed by atoms with E-state index in [2.05, 4.69) is 0 Å².